The van der Waals surface area contributed by atoms with E-state index in [9.17, 15) is 4.79 Å². The molecule has 0 saturated carbocycles. The van der Waals surface area contributed by atoms with Crippen LogP contribution in [0.4, 0.5) is 0 Å². The largest absolute Gasteiger partial charge is 0.491 e. The van der Waals surface area contributed by atoms with E-state index >= 15 is 0 Å². The van der Waals surface area contributed by atoms with Crippen molar-refractivity contribution >= 4 is 16.9 Å². The molecule has 0 atom stereocenters. The summed E-state index contributed by atoms with van der Waals surface area (Å²) in [6, 6.07) is 14.3. The van der Waals surface area contributed by atoms with Crippen LogP contribution in [0.3, 0.4) is 0 Å². The van der Waals surface area contributed by atoms with Gasteiger partial charge in [0.25, 0.3) is 0 Å². The number of aromatic nitrogens is 2. The predicted octanol–water partition coefficient (Wildman–Crippen LogP) is 3.41. The number of nitrogens with zero attached hydrogens (tertiary/aromatic N) is 2. The van der Waals surface area contributed by atoms with E-state index in [2.05, 4.69) is 48.0 Å². The first-order chi connectivity index (χ1) is 12.5. The fourth-order valence-corrected chi connectivity index (χ4v) is 3.03. The first-order valence-corrected chi connectivity index (χ1v) is 8.93. The Balaban J connectivity index is 1.74. The SMILES string of the molecule is CC(=O)NCCc1nc2ccccc2n1CCOc1cc(C)ccc1C. The van der Waals surface area contributed by atoms with E-state index in [1.165, 1.54) is 12.5 Å². The molecule has 2 aromatic carbocycles. The molecule has 0 unspecified atom stereocenters. The Kier molecular flexibility index (Phi) is 5.56. The molecule has 0 aliphatic rings. The first kappa shape index (κ1) is 18.0. The molecule has 1 heterocycles. The van der Waals surface area contributed by atoms with E-state index in [4.69, 9.17) is 9.72 Å². The van der Waals surface area contributed by atoms with Gasteiger partial charge in [0.05, 0.1) is 17.6 Å². The van der Waals surface area contributed by atoms with E-state index in [1.54, 1.807) is 0 Å². The number of aryl methyl sites for hydroxylation is 2. The number of carbonyl (C=O) groups is 1. The standard InChI is InChI=1S/C21H25N3O2/c1-15-8-9-16(2)20(14-15)26-13-12-24-19-7-5-4-6-18(19)23-21(24)10-11-22-17(3)25/h4-9,14H,10-13H2,1-3H3,(H,22,25). The molecule has 0 spiro atoms. The van der Waals surface area contributed by atoms with Crippen LogP contribution in [0.15, 0.2) is 42.5 Å². The third-order valence-electron chi connectivity index (χ3n) is 4.37. The Labute approximate surface area is 154 Å². The third kappa shape index (κ3) is 4.23. The number of fused-ring (bicyclic) bond motifs is 1. The number of nitrogens with one attached hydrogen (secondary N) is 1. The van der Waals surface area contributed by atoms with Crippen molar-refractivity contribution in [3.8, 4) is 5.75 Å². The number of benzene rings is 2. The lowest BCUT2D eigenvalue weighted by Crippen LogP contribution is -2.24. The van der Waals surface area contributed by atoms with Crippen molar-refractivity contribution < 1.29 is 9.53 Å². The van der Waals surface area contributed by atoms with E-state index in [-0.39, 0.29) is 5.91 Å². The summed E-state index contributed by atoms with van der Waals surface area (Å²) in [4.78, 5) is 15.8. The number of para-hydroxylation sites is 2. The van der Waals surface area contributed by atoms with Gasteiger partial charge in [0.2, 0.25) is 5.91 Å². The second-order valence-corrected chi connectivity index (χ2v) is 6.52. The number of rotatable bonds is 7. The zero-order valence-corrected chi connectivity index (χ0v) is 15.6. The lowest BCUT2D eigenvalue weighted by atomic mass is 10.1. The van der Waals surface area contributed by atoms with Crippen LogP contribution < -0.4 is 10.1 Å². The highest BCUT2D eigenvalue weighted by atomic mass is 16.5. The molecule has 1 amide bonds. The quantitative estimate of drug-likeness (QED) is 0.710. The van der Waals surface area contributed by atoms with Crippen LogP contribution in [0.25, 0.3) is 11.0 Å². The van der Waals surface area contributed by atoms with Crippen LogP contribution in [-0.4, -0.2) is 28.6 Å². The minimum Gasteiger partial charge on any atom is -0.491 e. The molecule has 5 heteroatoms. The zero-order chi connectivity index (χ0) is 18.5. The van der Waals surface area contributed by atoms with Gasteiger partial charge in [0, 0.05) is 19.9 Å². The maximum atomic E-state index is 11.1. The highest BCUT2D eigenvalue weighted by molar-refractivity contribution is 5.76. The number of ether oxygens (including phenoxy) is 1. The van der Waals surface area contributed by atoms with Crippen molar-refractivity contribution in [1.29, 1.82) is 0 Å². The van der Waals surface area contributed by atoms with Gasteiger partial charge in [-0.1, -0.05) is 24.3 Å². The van der Waals surface area contributed by atoms with Crippen LogP contribution in [-0.2, 0) is 17.8 Å². The predicted molar refractivity (Wildman–Crippen MR) is 104 cm³/mol. The lowest BCUT2D eigenvalue weighted by molar-refractivity contribution is -0.118. The van der Waals surface area contributed by atoms with Crippen LogP contribution >= 0.6 is 0 Å². The molecule has 1 N–H and O–H groups in total. The zero-order valence-electron chi connectivity index (χ0n) is 15.6. The van der Waals surface area contributed by atoms with Gasteiger partial charge in [-0.15, -0.1) is 0 Å². The maximum Gasteiger partial charge on any atom is 0.216 e. The van der Waals surface area contributed by atoms with Gasteiger partial charge in [0.1, 0.15) is 18.2 Å². The van der Waals surface area contributed by atoms with Crippen molar-refractivity contribution in [3.05, 3.63) is 59.4 Å². The van der Waals surface area contributed by atoms with Crippen LogP contribution in [0.5, 0.6) is 5.75 Å². The molecule has 26 heavy (non-hydrogen) atoms. The van der Waals surface area contributed by atoms with Gasteiger partial charge in [-0.2, -0.15) is 0 Å². The second kappa shape index (κ2) is 8.04. The highest BCUT2D eigenvalue weighted by Gasteiger charge is 2.11. The average molecular weight is 351 g/mol. The van der Waals surface area contributed by atoms with Gasteiger partial charge >= 0.3 is 0 Å². The summed E-state index contributed by atoms with van der Waals surface area (Å²) < 4.78 is 8.20. The van der Waals surface area contributed by atoms with Crippen LogP contribution in [0, 0.1) is 13.8 Å². The Hall–Kier alpha value is -2.82. The number of hydrogen-bond acceptors (Lipinski definition) is 3. The molecule has 5 nitrogen and oxygen atoms in total. The summed E-state index contributed by atoms with van der Waals surface area (Å²) in [5.74, 6) is 1.87. The second-order valence-electron chi connectivity index (χ2n) is 6.52. The van der Waals surface area contributed by atoms with Gasteiger partial charge in [-0.25, -0.2) is 4.98 Å². The van der Waals surface area contributed by atoms with Crippen molar-refractivity contribution in [3.63, 3.8) is 0 Å². The Morgan fingerprint density at radius 1 is 1.19 bits per heavy atom. The molecule has 136 valence electrons. The molecular weight excluding hydrogens is 326 g/mol. The Morgan fingerprint density at radius 2 is 2.00 bits per heavy atom. The summed E-state index contributed by atoms with van der Waals surface area (Å²) in [5, 5.41) is 2.84. The average Bonchev–Trinajstić information content (AvgIpc) is 2.95. The molecule has 0 aliphatic carbocycles. The fourth-order valence-electron chi connectivity index (χ4n) is 3.03. The first-order valence-electron chi connectivity index (χ1n) is 8.93. The summed E-state index contributed by atoms with van der Waals surface area (Å²) in [6.45, 7) is 7.51. The van der Waals surface area contributed by atoms with E-state index in [0.29, 0.717) is 26.1 Å². The van der Waals surface area contributed by atoms with Crippen molar-refractivity contribution in [2.24, 2.45) is 0 Å². The summed E-state index contributed by atoms with van der Waals surface area (Å²) in [6.07, 6.45) is 0.692. The third-order valence-corrected chi connectivity index (χ3v) is 4.37. The van der Waals surface area contributed by atoms with E-state index in [0.717, 1.165) is 28.2 Å². The summed E-state index contributed by atoms with van der Waals surface area (Å²) in [7, 11) is 0. The molecule has 0 bridgehead atoms. The number of carbonyl (C=O) groups excluding carboxylic acids is 1. The molecule has 1 aromatic heterocycles. The molecule has 3 aromatic rings. The Bertz CT molecular complexity index is 915. The van der Waals surface area contributed by atoms with Crippen molar-refractivity contribution in [2.75, 3.05) is 13.2 Å². The number of imidazole rings is 1. The molecule has 0 aliphatic heterocycles. The molecular formula is C21H25N3O2. The minimum absolute atomic E-state index is 0.0223. The van der Waals surface area contributed by atoms with E-state index in [1.807, 2.05) is 18.2 Å². The molecule has 3 rings (SSSR count). The molecule has 0 radical (unpaired) electrons. The van der Waals surface area contributed by atoms with Gasteiger partial charge in [-0.05, 0) is 43.2 Å². The number of amides is 1. The topological polar surface area (TPSA) is 56.2 Å². The normalized spacial score (nSPS) is 10.9. The lowest BCUT2D eigenvalue weighted by Gasteiger charge is -2.13. The van der Waals surface area contributed by atoms with Crippen molar-refractivity contribution in [2.45, 2.75) is 33.7 Å². The van der Waals surface area contributed by atoms with Gasteiger partial charge in [-0.3, -0.25) is 4.79 Å². The Morgan fingerprint density at radius 3 is 2.81 bits per heavy atom. The monoisotopic (exact) mass is 351 g/mol. The smallest absolute Gasteiger partial charge is 0.216 e. The molecule has 0 saturated heterocycles. The van der Waals surface area contributed by atoms with Crippen molar-refractivity contribution in [1.82, 2.24) is 14.9 Å². The fraction of sp³-hybridized carbons (Fsp3) is 0.333. The van der Waals surface area contributed by atoms with Crippen LogP contribution in [0.1, 0.15) is 23.9 Å². The van der Waals surface area contributed by atoms with Crippen LogP contribution in [0.2, 0.25) is 0 Å². The molecule has 0 fully saturated rings. The summed E-state index contributed by atoms with van der Waals surface area (Å²) >= 11 is 0. The minimum atomic E-state index is -0.0223. The van der Waals surface area contributed by atoms with Gasteiger partial charge < -0.3 is 14.6 Å². The van der Waals surface area contributed by atoms with E-state index < -0.39 is 0 Å². The number of hydrogen-bond donors (Lipinski definition) is 1. The van der Waals surface area contributed by atoms with Gasteiger partial charge in [0.15, 0.2) is 0 Å². The maximum absolute atomic E-state index is 11.1. The summed E-state index contributed by atoms with van der Waals surface area (Å²) in [5.41, 5.74) is 4.39. The highest BCUT2D eigenvalue weighted by Crippen LogP contribution is 2.20.